The highest BCUT2D eigenvalue weighted by atomic mass is 32.2. The van der Waals surface area contributed by atoms with Crippen molar-refractivity contribution in [2.75, 3.05) is 0 Å². The van der Waals surface area contributed by atoms with Crippen molar-refractivity contribution in [3.63, 3.8) is 0 Å². The van der Waals surface area contributed by atoms with Crippen molar-refractivity contribution in [3.8, 4) is 0 Å². The van der Waals surface area contributed by atoms with E-state index in [1.165, 1.54) is 12.3 Å². The number of hydrogen-bond donors (Lipinski definition) is 0. The first kappa shape index (κ1) is 13.5. The van der Waals surface area contributed by atoms with Crippen LogP contribution in [0.15, 0.2) is 58.7 Å². The van der Waals surface area contributed by atoms with Crippen LogP contribution in [-0.4, -0.2) is 18.6 Å². The van der Waals surface area contributed by atoms with Crippen LogP contribution < -0.4 is 0 Å². The average molecular weight is 290 g/mol. The van der Waals surface area contributed by atoms with E-state index in [-0.39, 0.29) is 10.8 Å². The minimum atomic E-state index is -3.44. The molecule has 4 nitrogen and oxygen atoms in total. The van der Waals surface area contributed by atoms with Crippen molar-refractivity contribution in [2.24, 2.45) is 4.99 Å². The second-order valence-electron chi connectivity index (χ2n) is 3.80. The highest BCUT2D eigenvalue weighted by Crippen LogP contribution is 2.17. The van der Waals surface area contributed by atoms with Gasteiger partial charge in [-0.05, 0) is 29.9 Å². The zero-order valence-electron chi connectivity index (χ0n) is 9.85. The van der Waals surface area contributed by atoms with E-state index in [0.29, 0.717) is 5.69 Å². The van der Waals surface area contributed by atoms with Gasteiger partial charge in [-0.15, -0.1) is 0 Å². The molecule has 0 fully saturated rings. The van der Waals surface area contributed by atoms with Gasteiger partial charge in [-0.3, -0.25) is 0 Å². The molecular formula is C13H10N2O2S2. The van der Waals surface area contributed by atoms with Gasteiger partial charge in [0.25, 0.3) is 0 Å². The molecule has 6 heteroatoms. The maximum Gasteiger partial charge on any atom is 0.199 e. The number of aromatic nitrogens is 1. The lowest BCUT2D eigenvalue weighted by atomic mass is 10.2. The Balaban J connectivity index is 2.27. The van der Waals surface area contributed by atoms with Gasteiger partial charge in [-0.25, -0.2) is 13.4 Å². The number of pyridine rings is 1. The van der Waals surface area contributed by atoms with Crippen LogP contribution in [0.2, 0.25) is 0 Å². The van der Waals surface area contributed by atoms with Gasteiger partial charge in [-0.1, -0.05) is 30.3 Å². The van der Waals surface area contributed by atoms with Gasteiger partial charge in [0.1, 0.15) is 0 Å². The Morgan fingerprint density at radius 3 is 2.47 bits per heavy atom. The minimum Gasteiger partial charge on any atom is -0.242 e. The SMILES string of the molecule is O=S(=O)(Cc1ccccc1)c1ccc(N=C=S)cn1. The molecule has 96 valence electrons. The molecule has 0 atom stereocenters. The van der Waals surface area contributed by atoms with Crippen molar-refractivity contribution in [3.05, 3.63) is 54.2 Å². The number of rotatable bonds is 4. The van der Waals surface area contributed by atoms with Crippen molar-refractivity contribution >= 4 is 32.9 Å². The van der Waals surface area contributed by atoms with E-state index in [2.05, 4.69) is 27.4 Å². The number of sulfone groups is 1. The molecule has 0 aliphatic carbocycles. The zero-order valence-corrected chi connectivity index (χ0v) is 11.5. The molecule has 0 saturated heterocycles. The average Bonchev–Trinajstić information content (AvgIpc) is 2.40. The predicted molar refractivity (Wildman–Crippen MR) is 76.3 cm³/mol. The molecule has 0 amide bonds. The second-order valence-corrected chi connectivity index (χ2v) is 5.92. The predicted octanol–water partition coefficient (Wildman–Crippen LogP) is 2.79. The van der Waals surface area contributed by atoms with Gasteiger partial charge in [-0.2, -0.15) is 4.99 Å². The molecule has 0 saturated carbocycles. The molecule has 0 N–H and O–H groups in total. The molecular weight excluding hydrogens is 280 g/mol. The van der Waals surface area contributed by atoms with E-state index in [9.17, 15) is 8.42 Å². The van der Waals surface area contributed by atoms with Gasteiger partial charge in [0.15, 0.2) is 14.9 Å². The highest BCUT2D eigenvalue weighted by molar-refractivity contribution is 7.90. The van der Waals surface area contributed by atoms with Crippen LogP contribution in [0.5, 0.6) is 0 Å². The van der Waals surface area contributed by atoms with E-state index in [1.54, 1.807) is 30.3 Å². The third kappa shape index (κ3) is 3.54. The van der Waals surface area contributed by atoms with Gasteiger partial charge >= 0.3 is 0 Å². The minimum absolute atomic E-state index is 0.0275. The Morgan fingerprint density at radius 2 is 1.89 bits per heavy atom. The Bertz CT molecular complexity index is 704. The Morgan fingerprint density at radius 1 is 1.16 bits per heavy atom. The summed E-state index contributed by atoms with van der Waals surface area (Å²) in [7, 11) is -3.44. The maximum atomic E-state index is 12.1. The molecule has 0 radical (unpaired) electrons. The number of nitrogens with zero attached hydrogens (tertiary/aromatic N) is 2. The van der Waals surface area contributed by atoms with Crippen molar-refractivity contribution < 1.29 is 8.42 Å². The first-order valence-corrected chi connectivity index (χ1v) is 7.48. The number of thiocarbonyl (C=S) groups is 1. The van der Waals surface area contributed by atoms with Crippen LogP contribution in [-0.2, 0) is 15.6 Å². The normalized spacial score (nSPS) is 10.7. The smallest absolute Gasteiger partial charge is 0.199 e. The fraction of sp³-hybridized carbons (Fsp3) is 0.0769. The van der Waals surface area contributed by atoms with Gasteiger partial charge in [0.2, 0.25) is 0 Å². The van der Waals surface area contributed by atoms with Crippen LogP contribution in [0.4, 0.5) is 5.69 Å². The van der Waals surface area contributed by atoms with Crippen LogP contribution in [0.3, 0.4) is 0 Å². The Hall–Kier alpha value is -1.88. The summed E-state index contributed by atoms with van der Waals surface area (Å²) in [6, 6.07) is 11.9. The summed E-state index contributed by atoms with van der Waals surface area (Å²) in [6.07, 6.45) is 1.36. The second kappa shape index (κ2) is 5.84. The zero-order chi connectivity index (χ0) is 13.7. The summed E-state index contributed by atoms with van der Waals surface area (Å²) in [5.74, 6) is -0.0728. The summed E-state index contributed by atoms with van der Waals surface area (Å²) in [5, 5.41) is 2.23. The molecule has 0 unspecified atom stereocenters. The molecule has 1 heterocycles. The first-order chi connectivity index (χ1) is 9.12. The lowest BCUT2D eigenvalue weighted by Crippen LogP contribution is -2.06. The third-order valence-electron chi connectivity index (χ3n) is 2.41. The van der Waals surface area contributed by atoms with Crippen LogP contribution in [0.25, 0.3) is 0 Å². The number of hydrogen-bond acceptors (Lipinski definition) is 5. The lowest BCUT2D eigenvalue weighted by Gasteiger charge is -2.03. The van der Waals surface area contributed by atoms with E-state index in [1.807, 2.05) is 6.07 Å². The molecule has 2 rings (SSSR count). The summed E-state index contributed by atoms with van der Waals surface area (Å²) < 4.78 is 24.3. The molecule has 2 aromatic rings. The van der Waals surface area contributed by atoms with Gasteiger partial charge < -0.3 is 0 Å². The summed E-state index contributed by atoms with van der Waals surface area (Å²) in [6.45, 7) is 0. The van der Waals surface area contributed by atoms with E-state index >= 15 is 0 Å². The number of isothiocyanates is 1. The quantitative estimate of drug-likeness (QED) is 0.641. The van der Waals surface area contributed by atoms with E-state index in [4.69, 9.17) is 0 Å². The van der Waals surface area contributed by atoms with Gasteiger partial charge in [0, 0.05) is 0 Å². The fourth-order valence-electron chi connectivity index (χ4n) is 1.54. The van der Waals surface area contributed by atoms with E-state index in [0.717, 1.165) is 5.56 Å². The largest absolute Gasteiger partial charge is 0.242 e. The summed E-state index contributed by atoms with van der Waals surface area (Å²) in [4.78, 5) is 7.62. The summed E-state index contributed by atoms with van der Waals surface area (Å²) in [5.41, 5.74) is 1.21. The Labute approximate surface area is 116 Å². The van der Waals surface area contributed by atoms with Crippen LogP contribution >= 0.6 is 12.2 Å². The first-order valence-electron chi connectivity index (χ1n) is 5.42. The van der Waals surface area contributed by atoms with Crippen molar-refractivity contribution in [1.82, 2.24) is 4.98 Å². The van der Waals surface area contributed by atoms with Crippen molar-refractivity contribution in [1.29, 1.82) is 0 Å². The van der Waals surface area contributed by atoms with E-state index < -0.39 is 9.84 Å². The van der Waals surface area contributed by atoms with Crippen molar-refractivity contribution in [2.45, 2.75) is 10.8 Å². The van der Waals surface area contributed by atoms with Crippen LogP contribution in [0.1, 0.15) is 5.56 Å². The fourth-order valence-corrected chi connectivity index (χ4v) is 2.92. The Kier molecular flexibility index (Phi) is 4.16. The molecule has 0 bridgehead atoms. The molecule has 0 spiro atoms. The summed E-state index contributed by atoms with van der Waals surface area (Å²) >= 11 is 4.46. The lowest BCUT2D eigenvalue weighted by molar-refractivity contribution is 0.591. The van der Waals surface area contributed by atoms with Gasteiger partial charge in [0.05, 0.1) is 22.8 Å². The highest BCUT2D eigenvalue weighted by Gasteiger charge is 2.16. The molecule has 0 aliphatic rings. The number of aliphatic imine (C=N–C) groups is 1. The molecule has 1 aromatic carbocycles. The monoisotopic (exact) mass is 290 g/mol. The topological polar surface area (TPSA) is 59.4 Å². The third-order valence-corrected chi connectivity index (χ3v) is 4.10. The molecule has 0 aliphatic heterocycles. The number of benzene rings is 1. The standard InChI is InChI=1S/C13H10N2O2S2/c16-19(17,9-11-4-2-1-3-5-11)13-7-6-12(8-14-13)15-10-18/h1-8H,9H2. The van der Waals surface area contributed by atoms with Crippen LogP contribution in [0, 0.1) is 0 Å². The molecule has 19 heavy (non-hydrogen) atoms. The maximum absolute atomic E-state index is 12.1. The molecule has 1 aromatic heterocycles.